The van der Waals surface area contributed by atoms with Crippen molar-refractivity contribution < 1.29 is 9.53 Å². The molecule has 0 saturated heterocycles. The van der Waals surface area contributed by atoms with Gasteiger partial charge in [-0.25, -0.2) is 4.79 Å². The minimum absolute atomic E-state index is 0.341. The van der Waals surface area contributed by atoms with Crippen LogP contribution in [0.25, 0.3) is 0 Å². The Morgan fingerprint density at radius 3 is 2.56 bits per heavy atom. The molecule has 0 aliphatic rings. The zero-order valence-electron chi connectivity index (χ0n) is 9.65. The Morgan fingerprint density at radius 1 is 1.44 bits per heavy atom. The summed E-state index contributed by atoms with van der Waals surface area (Å²) < 4.78 is 4.43. The molecule has 1 aromatic rings. The van der Waals surface area contributed by atoms with Crippen molar-refractivity contribution in [1.29, 1.82) is 0 Å². The number of hydrogen-bond acceptors (Lipinski definition) is 5. The van der Waals surface area contributed by atoms with Crippen molar-refractivity contribution in [3.05, 3.63) is 12.1 Å². The Labute approximate surface area is 94.4 Å². The number of carbonyl (C=O) groups excluding carboxylic acids is 1. The maximum atomic E-state index is 10.9. The summed E-state index contributed by atoms with van der Waals surface area (Å²) in [5, 5.41) is 13.3. The quantitative estimate of drug-likeness (QED) is 0.816. The van der Waals surface area contributed by atoms with Gasteiger partial charge >= 0.3 is 6.09 Å². The lowest BCUT2D eigenvalue weighted by Crippen LogP contribution is -2.16. The lowest BCUT2D eigenvalue weighted by molar-refractivity contribution is 0.187. The standard InChI is InChI=1S/C10H16N4O2/c1-4-7(2)11-8-5-6-9(14-13-8)12-10(15)16-3/h5-7H,4H2,1-3H3,(H,11,13)(H,12,14,15). The number of aromatic nitrogens is 2. The third kappa shape index (κ3) is 3.72. The number of nitrogens with zero attached hydrogens (tertiary/aromatic N) is 2. The van der Waals surface area contributed by atoms with Crippen LogP contribution in [0, 0.1) is 0 Å². The molecule has 1 atom stereocenters. The molecule has 2 N–H and O–H groups in total. The van der Waals surface area contributed by atoms with Crippen LogP contribution in [0.4, 0.5) is 16.4 Å². The second kappa shape index (κ2) is 5.89. The lowest BCUT2D eigenvalue weighted by Gasteiger charge is -2.11. The third-order valence-corrected chi connectivity index (χ3v) is 2.09. The highest BCUT2D eigenvalue weighted by atomic mass is 16.5. The van der Waals surface area contributed by atoms with Crippen molar-refractivity contribution in [1.82, 2.24) is 10.2 Å². The first kappa shape index (κ1) is 12.2. The van der Waals surface area contributed by atoms with Crippen molar-refractivity contribution in [2.24, 2.45) is 0 Å². The van der Waals surface area contributed by atoms with Crippen LogP contribution in [0.1, 0.15) is 20.3 Å². The van der Waals surface area contributed by atoms with Gasteiger partial charge in [0.1, 0.15) is 5.82 Å². The molecule has 1 amide bonds. The van der Waals surface area contributed by atoms with E-state index in [1.54, 1.807) is 12.1 Å². The van der Waals surface area contributed by atoms with Gasteiger partial charge in [-0.2, -0.15) is 0 Å². The zero-order valence-corrected chi connectivity index (χ0v) is 9.65. The molecular formula is C10H16N4O2. The van der Waals surface area contributed by atoms with Gasteiger partial charge in [-0.05, 0) is 25.5 Å². The van der Waals surface area contributed by atoms with Gasteiger partial charge in [-0.1, -0.05) is 6.92 Å². The molecule has 0 saturated carbocycles. The number of carbonyl (C=O) groups is 1. The number of methoxy groups -OCH3 is 1. The Kier molecular flexibility index (Phi) is 4.50. The number of amides is 1. The molecule has 1 heterocycles. The van der Waals surface area contributed by atoms with Gasteiger partial charge in [-0.3, -0.25) is 5.32 Å². The smallest absolute Gasteiger partial charge is 0.412 e. The van der Waals surface area contributed by atoms with E-state index in [2.05, 4.69) is 39.4 Å². The number of ether oxygens (including phenoxy) is 1. The lowest BCUT2D eigenvalue weighted by atomic mass is 10.2. The Morgan fingerprint density at radius 2 is 2.06 bits per heavy atom. The largest absolute Gasteiger partial charge is 0.453 e. The zero-order chi connectivity index (χ0) is 12.0. The van der Waals surface area contributed by atoms with Gasteiger partial charge in [0, 0.05) is 6.04 Å². The normalized spacial score (nSPS) is 11.7. The average Bonchev–Trinajstić information content (AvgIpc) is 2.31. The molecule has 1 unspecified atom stereocenters. The number of rotatable bonds is 4. The number of hydrogen-bond donors (Lipinski definition) is 2. The third-order valence-electron chi connectivity index (χ3n) is 2.09. The first-order valence-corrected chi connectivity index (χ1v) is 5.11. The topological polar surface area (TPSA) is 76.1 Å². The molecule has 6 heteroatoms. The Bertz CT molecular complexity index is 339. The van der Waals surface area contributed by atoms with Gasteiger partial charge in [0.25, 0.3) is 0 Å². The molecule has 0 fully saturated rings. The second-order valence-corrected chi connectivity index (χ2v) is 3.37. The van der Waals surface area contributed by atoms with Crippen LogP contribution in [0.3, 0.4) is 0 Å². The highest BCUT2D eigenvalue weighted by Crippen LogP contribution is 2.08. The first-order valence-electron chi connectivity index (χ1n) is 5.11. The highest BCUT2D eigenvalue weighted by Gasteiger charge is 2.04. The fourth-order valence-corrected chi connectivity index (χ4v) is 0.986. The molecule has 0 aromatic carbocycles. The maximum Gasteiger partial charge on any atom is 0.412 e. The van der Waals surface area contributed by atoms with Gasteiger partial charge in [0.05, 0.1) is 7.11 Å². The van der Waals surface area contributed by atoms with E-state index in [0.29, 0.717) is 17.7 Å². The summed E-state index contributed by atoms with van der Waals surface area (Å²) in [6, 6.07) is 3.76. The van der Waals surface area contributed by atoms with Gasteiger partial charge in [-0.15, -0.1) is 10.2 Å². The van der Waals surface area contributed by atoms with Crippen molar-refractivity contribution >= 4 is 17.7 Å². The van der Waals surface area contributed by atoms with Gasteiger partial charge in [0.15, 0.2) is 5.82 Å². The summed E-state index contributed by atoms with van der Waals surface area (Å²) >= 11 is 0. The van der Waals surface area contributed by atoms with E-state index in [4.69, 9.17) is 0 Å². The van der Waals surface area contributed by atoms with Crippen LogP contribution in [-0.2, 0) is 4.74 Å². The molecule has 16 heavy (non-hydrogen) atoms. The summed E-state index contributed by atoms with van der Waals surface area (Å²) in [5.74, 6) is 1.05. The summed E-state index contributed by atoms with van der Waals surface area (Å²) in [6.45, 7) is 4.14. The molecule has 1 aromatic heterocycles. The van der Waals surface area contributed by atoms with Crippen molar-refractivity contribution in [3.8, 4) is 0 Å². The molecule has 0 spiro atoms. The minimum Gasteiger partial charge on any atom is -0.453 e. The maximum absolute atomic E-state index is 10.9. The predicted octanol–water partition coefficient (Wildman–Crippen LogP) is 1.87. The number of nitrogens with one attached hydrogen (secondary N) is 2. The van der Waals surface area contributed by atoms with E-state index in [9.17, 15) is 4.79 Å². The fourth-order valence-electron chi connectivity index (χ4n) is 0.986. The SMILES string of the molecule is CCC(C)Nc1ccc(NC(=O)OC)nn1. The molecule has 1 rings (SSSR count). The summed E-state index contributed by atoms with van der Waals surface area (Å²) in [6.07, 6.45) is 0.445. The van der Waals surface area contributed by atoms with Crippen LogP contribution in [0.2, 0.25) is 0 Å². The van der Waals surface area contributed by atoms with Gasteiger partial charge < -0.3 is 10.1 Å². The average molecular weight is 224 g/mol. The molecule has 88 valence electrons. The molecule has 6 nitrogen and oxygen atoms in total. The minimum atomic E-state index is -0.558. The van der Waals surface area contributed by atoms with Crippen molar-refractivity contribution in [2.75, 3.05) is 17.7 Å². The van der Waals surface area contributed by atoms with Crippen molar-refractivity contribution in [3.63, 3.8) is 0 Å². The van der Waals surface area contributed by atoms with E-state index in [1.807, 2.05) is 0 Å². The molecule has 0 aliphatic heterocycles. The van der Waals surface area contributed by atoms with Crippen LogP contribution >= 0.6 is 0 Å². The van der Waals surface area contributed by atoms with Crippen LogP contribution in [0.5, 0.6) is 0 Å². The summed E-state index contributed by atoms with van der Waals surface area (Å²) in [7, 11) is 1.29. The van der Waals surface area contributed by atoms with Crippen molar-refractivity contribution in [2.45, 2.75) is 26.3 Å². The van der Waals surface area contributed by atoms with Gasteiger partial charge in [0.2, 0.25) is 0 Å². The van der Waals surface area contributed by atoms with Crippen LogP contribution in [-0.4, -0.2) is 29.4 Å². The Balaban J connectivity index is 2.57. The monoisotopic (exact) mass is 224 g/mol. The Hall–Kier alpha value is -1.85. The van der Waals surface area contributed by atoms with Crippen LogP contribution < -0.4 is 10.6 Å². The van der Waals surface area contributed by atoms with E-state index in [-0.39, 0.29) is 0 Å². The molecular weight excluding hydrogens is 208 g/mol. The predicted molar refractivity (Wildman–Crippen MR) is 61.4 cm³/mol. The fraction of sp³-hybridized carbons (Fsp3) is 0.500. The van der Waals surface area contributed by atoms with E-state index in [1.165, 1.54) is 7.11 Å². The molecule has 0 radical (unpaired) electrons. The highest BCUT2D eigenvalue weighted by molar-refractivity contribution is 5.83. The summed E-state index contributed by atoms with van der Waals surface area (Å²) in [4.78, 5) is 10.9. The summed E-state index contributed by atoms with van der Waals surface area (Å²) in [5.41, 5.74) is 0. The van der Waals surface area contributed by atoms with Crippen LogP contribution in [0.15, 0.2) is 12.1 Å². The molecule has 0 aliphatic carbocycles. The number of anilines is 2. The molecule has 0 bridgehead atoms. The van der Waals surface area contributed by atoms with E-state index < -0.39 is 6.09 Å². The van der Waals surface area contributed by atoms with E-state index >= 15 is 0 Å². The second-order valence-electron chi connectivity index (χ2n) is 3.37. The van der Waals surface area contributed by atoms with E-state index in [0.717, 1.165) is 6.42 Å². The first-order chi connectivity index (χ1) is 7.65.